The van der Waals surface area contributed by atoms with Crippen LogP contribution in [0.3, 0.4) is 0 Å². The first-order chi connectivity index (χ1) is 15.7. The normalized spacial score (nSPS) is 19.2. The number of hydrogen-bond donors (Lipinski definition) is 1. The van der Waals surface area contributed by atoms with Gasteiger partial charge in [0.25, 0.3) is 0 Å². The molecular weight excluding hydrogens is 481 g/mol. The lowest BCUT2D eigenvalue weighted by molar-refractivity contribution is -0.133. The molecule has 0 saturated heterocycles. The highest BCUT2D eigenvalue weighted by Crippen LogP contribution is 2.46. The number of carboxylic acid groups (broad SMARTS) is 1. The summed E-state index contributed by atoms with van der Waals surface area (Å²) in [5.41, 5.74) is 1.75. The zero-order valence-electron chi connectivity index (χ0n) is 17.7. The van der Waals surface area contributed by atoms with Crippen LogP contribution in [-0.2, 0) is 14.8 Å². The molecule has 0 aromatic heterocycles. The molecule has 4 rings (SSSR count). The number of aliphatic carboxylic acids is 1. The van der Waals surface area contributed by atoms with Crippen molar-refractivity contribution in [2.24, 2.45) is 0 Å². The first-order valence-corrected chi connectivity index (χ1v) is 12.4. The molecule has 2 atom stereocenters. The SMILES string of the molecule is Cc1ccccc1S(=O)(=O)N1C(c2cccc(Cl)c2)C(C(=O)O)=CC[C@H]1c1ccc(Cl)cc1. The summed E-state index contributed by atoms with van der Waals surface area (Å²) in [4.78, 5) is 12.4. The molecule has 5 nitrogen and oxygen atoms in total. The Bertz CT molecular complexity index is 1340. The molecule has 0 radical (unpaired) electrons. The van der Waals surface area contributed by atoms with Gasteiger partial charge in [0, 0.05) is 10.0 Å². The van der Waals surface area contributed by atoms with Crippen LogP contribution in [0.1, 0.15) is 35.2 Å². The van der Waals surface area contributed by atoms with Gasteiger partial charge in [-0.1, -0.05) is 71.7 Å². The lowest BCUT2D eigenvalue weighted by atomic mass is 9.89. The standard InChI is InChI=1S/C25H21Cl2NO4S/c1-16-5-2-3-8-23(16)33(31,32)28-22(17-9-11-19(26)12-10-17)14-13-21(25(29)30)24(28)18-6-4-7-20(27)15-18/h2-13,15,22,24H,14H2,1H3,(H,29,30)/t22-,24?/m0/s1. The van der Waals surface area contributed by atoms with E-state index in [0.717, 1.165) is 0 Å². The van der Waals surface area contributed by atoms with Gasteiger partial charge in [0.15, 0.2) is 0 Å². The Morgan fingerprint density at radius 1 is 0.939 bits per heavy atom. The summed E-state index contributed by atoms with van der Waals surface area (Å²) in [6.07, 6.45) is 1.79. The summed E-state index contributed by atoms with van der Waals surface area (Å²) in [7, 11) is -4.12. The predicted molar refractivity (Wildman–Crippen MR) is 129 cm³/mol. The van der Waals surface area contributed by atoms with Crippen molar-refractivity contribution in [3.8, 4) is 0 Å². The van der Waals surface area contributed by atoms with Gasteiger partial charge in [0.05, 0.1) is 22.6 Å². The minimum atomic E-state index is -4.12. The molecule has 3 aromatic rings. The molecule has 0 fully saturated rings. The summed E-state index contributed by atoms with van der Waals surface area (Å²) in [6, 6.07) is 18.5. The van der Waals surface area contributed by atoms with Crippen LogP contribution < -0.4 is 0 Å². The van der Waals surface area contributed by atoms with Crippen molar-refractivity contribution in [1.82, 2.24) is 4.31 Å². The Labute approximate surface area is 202 Å². The molecule has 170 valence electrons. The Balaban J connectivity index is 2.00. The molecule has 3 aromatic carbocycles. The molecule has 0 amide bonds. The van der Waals surface area contributed by atoms with Crippen LogP contribution in [0.2, 0.25) is 10.0 Å². The van der Waals surface area contributed by atoms with Crippen LogP contribution in [0.4, 0.5) is 0 Å². The van der Waals surface area contributed by atoms with E-state index in [9.17, 15) is 18.3 Å². The van der Waals surface area contributed by atoms with Crippen LogP contribution in [0.25, 0.3) is 0 Å². The third-order valence-electron chi connectivity index (χ3n) is 5.73. The van der Waals surface area contributed by atoms with E-state index in [2.05, 4.69) is 0 Å². The van der Waals surface area contributed by atoms with Crippen molar-refractivity contribution in [2.45, 2.75) is 30.3 Å². The minimum absolute atomic E-state index is 0.0142. The fourth-order valence-corrected chi connectivity index (χ4v) is 6.55. The second-order valence-corrected chi connectivity index (χ2v) is 10.5. The second kappa shape index (κ2) is 9.31. The fourth-order valence-electron chi connectivity index (χ4n) is 4.21. The van der Waals surface area contributed by atoms with Crippen molar-refractivity contribution in [2.75, 3.05) is 0 Å². The molecule has 0 bridgehead atoms. The van der Waals surface area contributed by atoms with E-state index in [1.165, 1.54) is 10.4 Å². The van der Waals surface area contributed by atoms with Gasteiger partial charge in [-0.3, -0.25) is 0 Å². The number of hydrogen-bond acceptors (Lipinski definition) is 3. The highest BCUT2D eigenvalue weighted by Gasteiger charge is 2.44. The molecule has 0 aliphatic carbocycles. The van der Waals surface area contributed by atoms with Crippen LogP contribution >= 0.6 is 23.2 Å². The molecule has 1 heterocycles. The summed E-state index contributed by atoms with van der Waals surface area (Å²) in [6.45, 7) is 1.72. The number of carbonyl (C=O) groups is 1. The molecule has 8 heteroatoms. The Morgan fingerprint density at radius 2 is 1.64 bits per heavy atom. The van der Waals surface area contributed by atoms with E-state index in [1.807, 2.05) is 0 Å². The molecule has 1 N–H and O–H groups in total. The van der Waals surface area contributed by atoms with Gasteiger partial charge < -0.3 is 5.11 Å². The third kappa shape index (κ3) is 4.57. The van der Waals surface area contributed by atoms with E-state index < -0.39 is 28.1 Å². The molecule has 1 unspecified atom stereocenters. The van der Waals surface area contributed by atoms with Gasteiger partial charge in [-0.2, -0.15) is 4.31 Å². The van der Waals surface area contributed by atoms with Crippen molar-refractivity contribution >= 4 is 39.2 Å². The van der Waals surface area contributed by atoms with E-state index in [4.69, 9.17) is 23.2 Å². The maximum atomic E-state index is 14.1. The van der Waals surface area contributed by atoms with Crippen LogP contribution in [-0.4, -0.2) is 23.8 Å². The molecular formula is C25H21Cl2NO4S. The number of carboxylic acids is 1. The fraction of sp³-hybridized carbons (Fsp3) is 0.160. The number of benzene rings is 3. The predicted octanol–water partition coefficient (Wildman–Crippen LogP) is 6.19. The van der Waals surface area contributed by atoms with Crippen molar-refractivity contribution in [3.63, 3.8) is 0 Å². The average molecular weight is 502 g/mol. The summed E-state index contributed by atoms with van der Waals surface area (Å²) < 4.78 is 29.6. The Hall–Kier alpha value is -2.64. The first-order valence-electron chi connectivity index (χ1n) is 10.2. The highest BCUT2D eigenvalue weighted by atomic mass is 35.5. The third-order valence-corrected chi connectivity index (χ3v) is 8.25. The maximum absolute atomic E-state index is 14.1. The van der Waals surface area contributed by atoms with Gasteiger partial charge in [-0.05, 0) is 60.4 Å². The number of nitrogens with zero attached hydrogens (tertiary/aromatic N) is 1. The van der Waals surface area contributed by atoms with Gasteiger partial charge in [0.1, 0.15) is 0 Å². The zero-order valence-corrected chi connectivity index (χ0v) is 20.0. The summed E-state index contributed by atoms with van der Waals surface area (Å²) in [5.74, 6) is -1.18. The minimum Gasteiger partial charge on any atom is -0.478 e. The van der Waals surface area contributed by atoms with E-state index in [-0.39, 0.29) is 16.9 Å². The van der Waals surface area contributed by atoms with Crippen molar-refractivity contribution in [3.05, 3.63) is 111 Å². The van der Waals surface area contributed by atoms with Crippen LogP contribution in [0, 0.1) is 6.92 Å². The van der Waals surface area contributed by atoms with E-state index >= 15 is 0 Å². The van der Waals surface area contributed by atoms with Gasteiger partial charge in [0.2, 0.25) is 10.0 Å². The molecule has 0 spiro atoms. The largest absolute Gasteiger partial charge is 0.478 e. The van der Waals surface area contributed by atoms with E-state index in [1.54, 1.807) is 79.7 Å². The number of aryl methyl sites for hydroxylation is 1. The summed E-state index contributed by atoms with van der Waals surface area (Å²) in [5, 5.41) is 10.9. The van der Waals surface area contributed by atoms with Crippen molar-refractivity contribution < 1.29 is 18.3 Å². The van der Waals surface area contributed by atoms with E-state index in [0.29, 0.717) is 26.7 Å². The topological polar surface area (TPSA) is 74.7 Å². The second-order valence-electron chi connectivity index (χ2n) is 7.83. The average Bonchev–Trinajstić information content (AvgIpc) is 2.78. The molecule has 1 aliphatic rings. The van der Waals surface area contributed by atoms with Crippen LogP contribution in [0.5, 0.6) is 0 Å². The van der Waals surface area contributed by atoms with Gasteiger partial charge in [-0.25, -0.2) is 13.2 Å². The lowest BCUT2D eigenvalue weighted by Gasteiger charge is -2.41. The monoisotopic (exact) mass is 501 g/mol. The maximum Gasteiger partial charge on any atom is 0.333 e. The number of halogens is 2. The lowest BCUT2D eigenvalue weighted by Crippen LogP contribution is -2.42. The summed E-state index contributed by atoms with van der Waals surface area (Å²) >= 11 is 12.3. The van der Waals surface area contributed by atoms with Gasteiger partial charge >= 0.3 is 5.97 Å². The van der Waals surface area contributed by atoms with Crippen LogP contribution in [0.15, 0.2) is 89.3 Å². The zero-order chi connectivity index (χ0) is 23.8. The highest BCUT2D eigenvalue weighted by molar-refractivity contribution is 7.89. The molecule has 0 saturated carbocycles. The van der Waals surface area contributed by atoms with Crippen molar-refractivity contribution in [1.29, 1.82) is 0 Å². The Morgan fingerprint density at radius 3 is 2.27 bits per heavy atom. The molecule has 1 aliphatic heterocycles. The van der Waals surface area contributed by atoms with Gasteiger partial charge in [-0.15, -0.1) is 0 Å². The Kier molecular flexibility index (Phi) is 6.64. The number of rotatable bonds is 5. The quantitative estimate of drug-likeness (QED) is 0.452. The molecule has 33 heavy (non-hydrogen) atoms. The number of sulfonamides is 1. The first kappa shape index (κ1) is 23.5. The smallest absolute Gasteiger partial charge is 0.333 e.